The first-order chi connectivity index (χ1) is 8.08. The van der Waals surface area contributed by atoms with Crippen molar-refractivity contribution in [1.29, 1.82) is 0 Å². The topological polar surface area (TPSA) is 95.7 Å². The van der Waals surface area contributed by atoms with Gasteiger partial charge in [0.25, 0.3) is 0 Å². The molecule has 0 aromatic carbocycles. The summed E-state index contributed by atoms with van der Waals surface area (Å²) in [5, 5.41) is 22.2. The number of aliphatic carboxylic acids is 1. The number of aliphatic hydroxyl groups excluding tert-OH is 1. The first kappa shape index (κ1) is 11.6. The van der Waals surface area contributed by atoms with Crippen molar-refractivity contribution in [2.45, 2.75) is 25.1 Å². The van der Waals surface area contributed by atoms with Crippen LogP contribution in [-0.4, -0.2) is 55.5 Å². The highest BCUT2D eigenvalue weighted by atomic mass is 16.4. The number of amides is 1. The molecule has 1 aromatic heterocycles. The van der Waals surface area contributed by atoms with E-state index in [1.54, 1.807) is 18.5 Å². The molecule has 17 heavy (non-hydrogen) atoms. The lowest BCUT2D eigenvalue weighted by molar-refractivity contribution is -0.148. The van der Waals surface area contributed by atoms with Crippen LogP contribution in [-0.2, 0) is 16.1 Å². The molecular formula is C10H13N3O4. The SMILES string of the molecule is O=C(O)[C@H]1C[C@@H](O)CN1C(=O)Cn1cccn1. The third-order valence-corrected chi connectivity index (χ3v) is 2.74. The van der Waals surface area contributed by atoms with Crippen LogP contribution in [0.1, 0.15) is 6.42 Å². The van der Waals surface area contributed by atoms with Crippen molar-refractivity contribution in [2.24, 2.45) is 0 Å². The second-order valence-corrected chi connectivity index (χ2v) is 3.99. The van der Waals surface area contributed by atoms with Crippen molar-refractivity contribution >= 4 is 11.9 Å². The number of aliphatic hydroxyl groups is 1. The van der Waals surface area contributed by atoms with Crippen molar-refractivity contribution < 1.29 is 19.8 Å². The molecule has 92 valence electrons. The minimum atomic E-state index is -1.09. The predicted octanol–water partition coefficient (Wildman–Crippen LogP) is -1.07. The summed E-state index contributed by atoms with van der Waals surface area (Å²) in [6.45, 7) is 0.0561. The Morgan fingerprint density at radius 2 is 2.24 bits per heavy atom. The largest absolute Gasteiger partial charge is 0.480 e. The van der Waals surface area contributed by atoms with E-state index in [4.69, 9.17) is 5.11 Å². The zero-order valence-corrected chi connectivity index (χ0v) is 9.06. The van der Waals surface area contributed by atoms with Crippen LogP contribution in [0.15, 0.2) is 18.5 Å². The number of carboxylic acid groups (broad SMARTS) is 1. The van der Waals surface area contributed by atoms with Crippen LogP contribution in [0.2, 0.25) is 0 Å². The highest BCUT2D eigenvalue weighted by Gasteiger charge is 2.38. The van der Waals surface area contributed by atoms with E-state index in [2.05, 4.69) is 5.10 Å². The van der Waals surface area contributed by atoms with Crippen molar-refractivity contribution in [3.05, 3.63) is 18.5 Å². The molecule has 1 amide bonds. The molecule has 0 unspecified atom stereocenters. The van der Waals surface area contributed by atoms with Gasteiger partial charge in [-0.3, -0.25) is 9.48 Å². The minimum absolute atomic E-state index is 0.0104. The molecule has 0 saturated carbocycles. The van der Waals surface area contributed by atoms with E-state index in [9.17, 15) is 14.7 Å². The lowest BCUT2D eigenvalue weighted by atomic mass is 10.2. The third-order valence-electron chi connectivity index (χ3n) is 2.74. The normalized spacial score (nSPS) is 23.9. The molecule has 7 nitrogen and oxygen atoms in total. The van der Waals surface area contributed by atoms with Crippen LogP contribution >= 0.6 is 0 Å². The molecule has 1 aromatic rings. The van der Waals surface area contributed by atoms with Gasteiger partial charge in [-0.2, -0.15) is 5.10 Å². The standard InChI is InChI=1S/C10H13N3O4/c14-7-4-8(10(16)17)13(5-7)9(15)6-12-3-1-2-11-12/h1-3,7-8,14H,4-6H2,(H,16,17)/t7-,8-/m1/s1. The molecule has 1 aliphatic rings. The average Bonchev–Trinajstić information content (AvgIpc) is 2.86. The van der Waals surface area contributed by atoms with Gasteiger partial charge in [-0.05, 0) is 6.07 Å². The third kappa shape index (κ3) is 2.44. The Morgan fingerprint density at radius 1 is 1.47 bits per heavy atom. The quantitative estimate of drug-likeness (QED) is 0.700. The van der Waals surface area contributed by atoms with Gasteiger partial charge in [-0.1, -0.05) is 0 Å². The summed E-state index contributed by atoms with van der Waals surface area (Å²) in [7, 11) is 0. The Hall–Kier alpha value is -1.89. The van der Waals surface area contributed by atoms with Crippen LogP contribution in [0.4, 0.5) is 0 Å². The maximum atomic E-state index is 11.9. The molecule has 0 radical (unpaired) electrons. The van der Waals surface area contributed by atoms with Gasteiger partial charge in [0, 0.05) is 25.4 Å². The van der Waals surface area contributed by atoms with E-state index in [0.29, 0.717) is 0 Å². The molecule has 0 spiro atoms. The number of likely N-dealkylation sites (tertiary alicyclic amines) is 1. The number of aromatic nitrogens is 2. The molecule has 1 saturated heterocycles. The van der Waals surface area contributed by atoms with E-state index in [0.717, 1.165) is 0 Å². The lowest BCUT2D eigenvalue weighted by Crippen LogP contribution is -2.42. The van der Waals surface area contributed by atoms with Crippen molar-refractivity contribution in [3.63, 3.8) is 0 Å². The first-order valence-electron chi connectivity index (χ1n) is 5.25. The van der Waals surface area contributed by atoms with E-state index in [1.807, 2.05) is 0 Å². The average molecular weight is 239 g/mol. The van der Waals surface area contributed by atoms with E-state index < -0.39 is 18.1 Å². The zero-order valence-electron chi connectivity index (χ0n) is 9.06. The molecule has 2 atom stereocenters. The number of rotatable bonds is 3. The molecule has 2 N–H and O–H groups in total. The van der Waals surface area contributed by atoms with Gasteiger partial charge in [0.15, 0.2) is 0 Å². The number of nitrogens with zero attached hydrogens (tertiary/aromatic N) is 3. The Morgan fingerprint density at radius 3 is 2.82 bits per heavy atom. The van der Waals surface area contributed by atoms with Gasteiger partial charge in [-0.15, -0.1) is 0 Å². The van der Waals surface area contributed by atoms with Gasteiger partial charge in [0.2, 0.25) is 5.91 Å². The van der Waals surface area contributed by atoms with Gasteiger partial charge >= 0.3 is 5.97 Å². The van der Waals surface area contributed by atoms with Crippen LogP contribution in [0, 0.1) is 0 Å². The Labute approximate surface area is 97.3 Å². The van der Waals surface area contributed by atoms with Crippen molar-refractivity contribution in [3.8, 4) is 0 Å². The highest BCUT2D eigenvalue weighted by molar-refractivity contribution is 5.84. The Bertz CT molecular complexity index is 417. The monoisotopic (exact) mass is 239 g/mol. The van der Waals surface area contributed by atoms with Gasteiger partial charge in [-0.25, -0.2) is 4.79 Å². The summed E-state index contributed by atoms with van der Waals surface area (Å²) in [5.74, 6) is -1.44. The van der Waals surface area contributed by atoms with E-state index in [1.165, 1.54) is 9.58 Å². The van der Waals surface area contributed by atoms with Crippen molar-refractivity contribution in [1.82, 2.24) is 14.7 Å². The molecule has 2 heterocycles. The zero-order chi connectivity index (χ0) is 12.4. The fraction of sp³-hybridized carbons (Fsp3) is 0.500. The highest BCUT2D eigenvalue weighted by Crippen LogP contribution is 2.18. The number of hydrogen-bond donors (Lipinski definition) is 2. The van der Waals surface area contributed by atoms with Gasteiger partial charge in [0.1, 0.15) is 12.6 Å². The van der Waals surface area contributed by atoms with Crippen LogP contribution < -0.4 is 0 Å². The lowest BCUT2D eigenvalue weighted by Gasteiger charge is -2.20. The maximum absolute atomic E-state index is 11.9. The first-order valence-corrected chi connectivity index (χ1v) is 5.25. The summed E-state index contributed by atoms with van der Waals surface area (Å²) in [6.07, 6.45) is 2.49. The number of β-amino-alcohol motifs (C(OH)–C–C–N with tert-alkyl or cyclic N) is 1. The fourth-order valence-electron chi connectivity index (χ4n) is 1.95. The number of carboxylic acids is 1. The van der Waals surface area contributed by atoms with Crippen LogP contribution in [0.5, 0.6) is 0 Å². The van der Waals surface area contributed by atoms with E-state index >= 15 is 0 Å². The molecule has 1 fully saturated rings. The molecule has 2 rings (SSSR count). The smallest absolute Gasteiger partial charge is 0.326 e. The molecule has 0 bridgehead atoms. The van der Waals surface area contributed by atoms with E-state index in [-0.39, 0.29) is 25.4 Å². The Balaban J connectivity index is 2.05. The molecular weight excluding hydrogens is 226 g/mol. The molecule has 0 aliphatic carbocycles. The van der Waals surface area contributed by atoms with Crippen LogP contribution in [0.25, 0.3) is 0 Å². The minimum Gasteiger partial charge on any atom is -0.480 e. The summed E-state index contributed by atoms with van der Waals surface area (Å²) >= 11 is 0. The molecule has 1 aliphatic heterocycles. The molecule has 7 heteroatoms. The van der Waals surface area contributed by atoms with Gasteiger partial charge in [0.05, 0.1) is 6.10 Å². The number of carbonyl (C=O) groups is 2. The predicted molar refractivity (Wildman–Crippen MR) is 56.0 cm³/mol. The number of carbonyl (C=O) groups excluding carboxylic acids is 1. The van der Waals surface area contributed by atoms with Crippen LogP contribution in [0.3, 0.4) is 0 Å². The number of hydrogen-bond acceptors (Lipinski definition) is 4. The van der Waals surface area contributed by atoms with Crippen molar-refractivity contribution in [2.75, 3.05) is 6.54 Å². The fourth-order valence-corrected chi connectivity index (χ4v) is 1.95. The Kier molecular flexibility index (Phi) is 3.10. The summed E-state index contributed by atoms with van der Waals surface area (Å²) in [4.78, 5) is 24.0. The van der Waals surface area contributed by atoms with Gasteiger partial charge < -0.3 is 15.1 Å². The second-order valence-electron chi connectivity index (χ2n) is 3.99. The second kappa shape index (κ2) is 4.54. The summed E-state index contributed by atoms with van der Waals surface area (Å²) in [5.41, 5.74) is 0. The summed E-state index contributed by atoms with van der Waals surface area (Å²) < 4.78 is 1.42. The maximum Gasteiger partial charge on any atom is 0.326 e. The summed E-state index contributed by atoms with van der Waals surface area (Å²) in [6, 6.07) is 0.744.